The second-order valence-electron chi connectivity index (χ2n) is 5.90. The average Bonchev–Trinajstić information content (AvgIpc) is 3.03. The number of hydrogen-bond donors (Lipinski definition) is 1. The van der Waals surface area contributed by atoms with Gasteiger partial charge in [0.15, 0.2) is 0 Å². The van der Waals surface area contributed by atoms with Crippen LogP contribution in [0.3, 0.4) is 0 Å². The van der Waals surface area contributed by atoms with E-state index >= 15 is 0 Å². The number of nitrogens with one attached hydrogen (secondary N) is 1. The molecule has 7 heteroatoms. The molecule has 0 spiro atoms. The van der Waals surface area contributed by atoms with Crippen LogP contribution in [0.1, 0.15) is 31.4 Å². The largest absolute Gasteiger partial charge is 0.494 e. The zero-order valence-corrected chi connectivity index (χ0v) is 15.0. The summed E-state index contributed by atoms with van der Waals surface area (Å²) in [6.45, 7) is 4.96. The normalized spacial score (nSPS) is 17.6. The van der Waals surface area contributed by atoms with Crippen molar-refractivity contribution >= 4 is 10.2 Å². The summed E-state index contributed by atoms with van der Waals surface area (Å²) in [7, 11) is -0.352. The minimum atomic E-state index is -3.42. The molecule has 1 unspecified atom stereocenters. The highest BCUT2D eigenvalue weighted by molar-refractivity contribution is 7.87. The molecule has 1 aliphatic heterocycles. The molecule has 0 aromatic heterocycles. The maximum atomic E-state index is 12.0. The van der Waals surface area contributed by atoms with Gasteiger partial charge in [-0.3, -0.25) is 4.90 Å². The molecule has 0 saturated carbocycles. The Balaban J connectivity index is 2.13. The summed E-state index contributed by atoms with van der Waals surface area (Å²) in [5.41, 5.74) is 1.11. The standard InChI is InChI=1S/C16H27N3O3S/c1-4-22-15-9-7-14(8-10-15)16(19-11-5-6-12-19)13-17-23(20,21)18(2)3/h7-10,16-17H,4-6,11-13H2,1-3H3. The van der Waals surface area contributed by atoms with E-state index in [0.29, 0.717) is 13.2 Å². The van der Waals surface area contributed by atoms with Gasteiger partial charge in [0.1, 0.15) is 5.75 Å². The van der Waals surface area contributed by atoms with Crippen molar-refractivity contribution in [3.05, 3.63) is 29.8 Å². The minimum Gasteiger partial charge on any atom is -0.494 e. The lowest BCUT2D eigenvalue weighted by Gasteiger charge is -2.28. The Kier molecular flexibility index (Phi) is 6.41. The molecule has 1 aliphatic rings. The van der Waals surface area contributed by atoms with E-state index in [1.54, 1.807) is 0 Å². The third-order valence-electron chi connectivity index (χ3n) is 4.10. The predicted octanol–water partition coefficient (Wildman–Crippen LogP) is 1.62. The van der Waals surface area contributed by atoms with Crippen molar-refractivity contribution in [3.63, 3.8) is 0 Å². The van der Waals surface area contributed by atoms with Crippen molar-refractivity contribution in [2.45, 2.75) is 25.8 Å². The second-order valence-corrected chi connectivity index (χ2v) is 7.87. The number of ether oxygens (including phenoxy) is 1. The molecule has 1 aromatic carbocycles. The van der Waals surface area contributed by atoms with Gasteiger partial charge in [0.25, 0.3) is 10.2 Å². The quantitative estimate of drug-likeness (QED) is 0.780. The molecule has 0 bridgehead atoms. The fraction of sp³-hybridized carbons (Fsp3) is 0.625. The van der Waals surface area contributed by atoms with Crippen molar-refractivity contribution in [2.24, 2.45) is 0 Å². The number of hydrogen-bond acceptors (Lipinski definition) is 4. The molecule has 6 nitrogen and oxygen atoms in total. The van der Waals surface area contributed by atoms with Gasteiger partial charge in [0.2, 0.25) is 0 Å². The summed E-state index contributed by atoms with van der Waals surface area (Å²) in [5.74, 6) is 0.838. The Morgan fingerprint density at radius 1 is 1.22 bits per heavy atom. The van der Waals surface area contributed by atoms with E-state index in [-0.39, 0.29) is 6.04 Å². The van der Waals surface area contributed by atoms with Crippen molar-refractivity contribution in [1.82, 2.24) is 13.9 Å². The van der Waals surface area contributed by atoms with Gasteiger partial charge in [0.05, 0.1) is 6.61 Å². The molecule has 0 radical (unpaired) electrons. The van der Waals surface area contributed by atoms with E-state index in [1.165, 1.54) is 18.4 Å². The highest BCUT2D eigenvalue weighted by Crippen LogP contribution is 2.26. The van der Waals surface area contributed by atoms with Crippen LogP contribution < -0.4 is 9.46 Å². The lowest BCUT2D eigenvalue weighted by Crippen LogP contribution is -2.41. The van der Waals surface area contributed by atoms with E-state index in [0.717, 1.165) is 37.2 Å². The van der Waals surface area contributed by atoms with Gasteiger partial charge in [0, 0.05) is 26.7 Å². The van der Waals surface area contributed by atoms with Crippen molar-refractivity contribution in [2.75, 3.05) is 40.3 Å². The zero-order chi connectivity index (χ0) is 16.9. The van der Waals surface area contributed by atoms with Gasteiger partial charge in [-0.05, 0) is 50.6 Å². The summed E-state index contributed by atoms with van der Waals surface area (Å²) in [6.07, 6.45) is 2.32. The molecule has 1 fully saturated rings. The fourth-order valence-corrected chi connectivity index (χ4v) is 3.40. The van der Waals surface area contributed by atoms with Crippen molar-refractivity contribution < 1.29 is 13.2 Å². The lowest BCUT2D eigenvalue weighted by atomic mass is 10.1. The van der Waals surface area contributed by atoms with Crippen LogP contribution in [-0.2, 0) is 10.2 Å². The van der Waals surface area contributed by atoms with Crippen LogP contribution in [0.2, 0.25) is 0 Å². The van der Waals surface area contributed by atoms with E-state index in [2.05, 4.69) is 9.62 Å². The first-order chi connectivity index (χ1) is 10.9. The summed E-state index contributed by atoms with van der Waals surface area (Å²) < 4.78 is 33.4. The molecule has 130 valence electrons. The SMILES string of the molecule is CCOc1ccc(C(CNS(=O)(=O)N(C)C)N2CCCC2)cc1. The monoisotopic (exact) mass is 341 g/mol. The van der Waals surface area contributed by atoms with Crippen molar-refractivity contribution in [3.8, 4) is 5.75 Å². The van der Waals surface area contributed by atoms with Crippen LogP contribution in [-0.4, -0.2) is 58.0 Å². The van der Waals surface area contributed by atoms with Crippen LogP contribution >= 0.6 is 0 Å². The highest BCUT2D eigenvalue weighted by Gasteiger charge is 2.25. The Morgan fingerprint density at radius 3 is 2.35 bits per heavy atom. The number of benzene rings is 1. The summed E-state index contributed by atoms with van der Waals surface area (Å²) in [6, 6.07) is 7.99. The lowest BCUT2D eigenvalue weighted by molar-refractivity contribution is 0.245. The highest BCUT2D eigenvalue weighted by atomic mass is 32.2. The van der Waals surface area contributed by atoms with Crippen molar-refractivity contribution in [1.29, 1.82) is 0 Å². The molecule has 2 rings (SSSR count). The first kappa shape index (κ1) is 18.2. The van der Waals surface area contributed by atoms with Gasteiger partial charge >= 0.3 is 0 Å². The maximum absolute atomic E-state index is 12.0. The molecule has 1 aromatic rings. The smallest absolute Gasteiger partial charge is 0.278 e. The molecule has 0 amide bonds. The van der Waals surface area contributed by atoms with Gasteiger partial charge in [-0.1, -0.05) is 12.1 Å². The number of nitrogens with zero attached hydrogens (tertiary/aromatic N) is 2. The summed E-state index contributed by atoms with van der Waals surface area (Å²) in [4.78, 5) is 2.34. The van der Waals surface area contributed by atoms with Gasteiger partial charge in [-0.25, -0.2) is 4.72 Å². The molecule has 1 N–H and O–H groups in total. The molecule has 23 heavy (non-hydrogen) atoms. The fourth-order valence-electron chi connectivity index (χ4n) is 2.78. The van der Waals surface area contributed by atoms with Crippen LogP contribution in [0, 0.1) is 0 Å². The summed E-state index contributed by atoms with van der Waals surface area (Å²) in [5, 5.41) is 0. The number of likely N-dealkylation sites (tertiary alicyclic amines) is 1. The predicted molar refractivity (Wildman–Crippen MR) is 91.8 cm³/mol. The Labute approximate surface area is 139 Å². The first-order valence-corrected chi connectivity index (χ1v) is 9.52. The second kappa shape index (κ2) is 8.10. The van der Waals surface area contributed by atoms with Crippen LogP contribution in [0.5, 0.6) is 5.75 Å². The Hall–Kier alpha value is -1.15. The first-order valence-electron chi connectivity index (χ1n) is 8.08. The number of rotatable bonds is 8. The Bertz CT molecular complexity index is 581. The molecular formula is C16H27N3O3S. The minimum absolute atomic E-state index is 0.0444. The molecular weight excluding hydrogens is 314 g/mol. The van der Waals surface area contributed by atoms with E-state index in [9.17, 15) is 8.42 Å². The van der Waals surface area contributed by atoms with Gasteiger partial charge in [-0.15, -0.1) is 0 Å². The van der Waals surface area contributed by atoms with Crippen LogP contribution in [0.25, 0.3) is 0 Å². The zero-order valence-electron chi connectivity index (χ0n) is 14.2. The molecule has 1 heterocycles. The van der Waals surface area contributed by atoms with Crippen LogP contribution in [0.15, 0.2) is 24.3 Å². The van der Waals surface area contributed by atoms with Crippen LogP contribution in [0.4, 0.5) is 0 Å². The third-order valence-corrected chi connectivity index (χ3v) is 5.59. The molecule has 1 saturated heterocycles. The van der Waals surface area contributed by atoms with E-state index < -0.39 is 10.2 Å². The molecule has 1 atom stereocenters. The Morgan fingerprint density at radius 2 is 1.83 bits per heavy atom. The van der Waals surface area contributed by atoms with E-state index in [1.807, 2.05) is 31.2 Å². The van der Waals surface area contributed by atoms with Gasteiger partial charge in [-0.2, -0.15) is 12.7 Å². The van der Waals surface area contributed by atoms with E-state index in [4.69, 9.17) is 4.74 Å². The average molecular weight is 341 g/mol. The topological polar surface area (TPSA) is 61.9 Å². The molecule has 0 aliphatic carbocycles. The summed E-state index contributed by atoms with van der Waals surface area (Å²) >= 11 is 0. The third kappa shape index (κ3) is 4.91. The maximum Gasteiger partial charge on any atom is 0.278 e. The van der Waals surface area contributed by atoms with Gasteiger partial charge < -0.3 is 4.74 Å².